The molecule has 0 saturated carbocycles. The molecule has 2 N–H and O–H groups in total. The Morgan fingerprint density at radius 3 is 1.81 bits per heavy atom. The van der Waals surface area contributed by atoms with Crippen molar-refractivity contribution in [2.24, 2.45) is 11.8 Å². The number of hydrogen-bond donors (Lipinski definition) is 2. The third-order valence-corrected chi connectivity index (χ3v) is 9.03. The van der Waals surface area contributed by atoms with Gasteiger partial charge in [-0.05, 0) is 75.2 Å². The first-order chi connectivity index (χ1) is 18.1. The molecule has 2 rings (SSSR count). The molecule has 1 atom stereocenters. The van der Waals surface area contributed by atoms with Gasteiger partial charge in [0.25, 0.3) is 0 Å². The van der Waals surface area contributed by atoms with Crippen LogP contribution >= 0.6 is 22.7 Å². The van der Waals surface area contributed by atoms with Crippen molar-refractivity contribution in [2.75, 3.05) is 13.2 Å². The number of halogens is 1. The summed E-state index contributed by atoms with van der Waals surface area (Å²) in [7, 11) is -3.08. The molecular formula is C30H58BrMgN2O4S2Si2+. The van der Waals surface area contributed by atoms with Crippen molar-refractivity contribution in [3.8, 4) is 0 Å². The molecule has 2 heterocycles. The van der Waals surface area contributed by atoms with Crippen LogP contribution in [0.5, 0.6) is 0 Å². The number of hydrogen-bond acceptors (Lipinski definition) is 7. The monoisotopic (exact) mass is 733 g/mol. The van der Waals surface area contributed by atoms with Gasteiger partial charge >= 0.3 is 23.1 Å². The van der Waals surface area contributed by atoms with Gasteiger partial charge in [0.05, 0.1) is 18.2 Å². The second kappa shape index (κ2) is 21.2. The van der Waals surface area contributed by atoms with E-state index in [1.807, 2.05) is 71.3 Å². The summed E-state index contributed by atoms with van der Waals surface area (Å²) in [4.78, 5) is 1.20. The van der Waals surface area contributed by atoms with E-state index in [9.17, 15) is 10.4 Å². The van der Waals surface area contributed by atoms with Crippen LogP contribution in [0.15, 0.2) is 35.0 Å². The molecule has 2 aromatic rings. The maximum atomic E-state index is 10.8. The molecule has 0 spiro atoms. The Morgan fingerprint density at radius 2 is 1.48 bits per heavy atom. The van der Waals surface area contributed by atoms with Crippen molar-refractivity contribution in [3.05, 3.63) is 45.3 Å². The first kappa shape index (κ1) is 46.8. The van der Waals surface area contributed by atoms with Crippen LogP contribution in [0, 0.1) is 17.2 Å². The third-order valence-electron chi connectivity index (χ3n) is 5.51. The Labute approximate surface area is 294 Å². The van der Waals surface area contributed by atoms with Crippen LogP contribution in [0.3, 0.4) is 0 Å². The van der Waals surface area contributed by atoms with Gasteiger partial charge in [-0.2, -0.15) is 16.5 Å². The number of hydroxylamine groups is 3. The minimum absolute atomic E-state index is 0. The maximum absolute atomic E-state index is 10.8. The summed E-state index contributed by atoms with van der Waals surface area (Å²) in [6.45, 7) is 30.5. The average Bonchev–Trinajstić information content (AvgIpc) is 3.53. The standard InChI is InChI=1S/C15H29NO2SSi.C11H26NO2Si.C4H3S.BrH.Mg/c1-12(2)14(13-9-8-10-19-13)16(17)15(3,4)11-18-20(5,6)7;1-10(2)8-12(13)11(3,4)9-14-15(5,6)7;1-2-4-5-3-1;;/h8-10,12,14,17H,11H2,1-7H3;8,10,13H,9H2,1-7H3;1-3H;1H;/q;+1;-1;;+2/p-1/b;12-8+;;;. The van der Waals surface area contributed by atoms with E-state index in [1.165, 1.54) is 14.7 Å². The molecule has 0 aromatic carbocycles. The van der Waals surface area contributed by atoms with Crippen LogP contribution in [0.1, 0.15) is 66.3 Å². The fourth-order valence-corrected chi connectivity index (χ4v) is 6.11. The average molecular weight is 735 g/mol. The van der Waals surface area contributed by atoms with E-state index in [0.29, 0.717) is 25.0 Å². The van der Waals surface area contributed by atoms with Crippen molar-refractivity contribution in [1.29, 1.82) is 0 Å². The zero-order chi connectivity index (χ0) is 31.4. The van der Waals surface area contributed by atoms with Crippen LogP contribution < -0.4 is 17.0 Å². The summed E-state index contributed by atoms with van der Waals surface area (Å²) in [5.41, 5.74) is -0.760. The van der Waals surface area contributed by atoms with Gasteiger partial charge in [-0.3, -0.25) is 5.21 Å². The first-order valence-electron chi connectivity index (χ1n) is 14.1. The summed E-state index contributed by atoms with van der Waals surface area (Å²) in [5.74, 6) is 0.672. The van der Waals surface area contributed by atoms with Crippen LogP contribution in [-0.2, 0) is 8.85 Å². The van der Waals surface area contributed by atoms with Gasteiger partial charge in [0, 0.05) is 24.6 Å². The molecule has 0 bridgehead atoms. The summed E-state index contributed by atoms with van der Waals surface area (Å²) >= 11 is 3.28. The SMILES string of the molecule is CC(C)/C=[N+](/O)C(C)(C)CO[Si](C)(C)C.CC(C)C(c1cccs1)N(O)C(C)(C)CO[Si](C)(C)C.[Br-].[Mg+2].[c-]1cccs1. The summed E-state index contributed by atoms with van der Waals surface area (Å²) in [6.07, 6.45) is 1.81. The zero-order valence-electron chi connectivity index (χ0n) is 28.7. The molecule has 0 aliphatic rings. The Hall–Kier alpha value is 0.390. The van der Waals surface area contributed by atoms with Crippen molar-refractivity contribution in [2.45, 2.75) is 112 Å². The molecule has 12 heteroatoms. The summed E-state index contributed by atoms with van der Waals surface area (Å²) in [5, 5.41) is 29.0. The van der Waals surface area contributed by atoms with Crippen molar-refractivity contribution in [3.63, 3.8) is 0 Å². The first-order valence-corrected chi connectivity index (χ1v) is 22.7. The molecule has 6 nitrogen and oxygen atoms in total. The minimum atomic E-state index is -1.58. The van der Waals surface area contributed by atoms with E-state index in [4.69, 9.17) is 8.85 Å². The van der Waals surface area contributed by atoms with Gasteiger partial charge in [-0.1, -0.05) is 33.8 Å². The van der Waals surface area contributed by atoms with Gasteiger partial charge in [-0.25, -0.2) is 6.07 Å². The van der Waals surface area contributed by atoms with E-state index >= 15 is 0 Å². The largest absolute Gasteiger partial charge is 2.00 e. The predicted molar refractivity (Wildman–Crippen MR) is 184 cm³/mol. The fourth-order valence-electron chi connectivity index (χ4n) is 3.17. The molecule has 240 valence electrons. The van der Waals surface area contributed by atoms with Gasteiger partial charge in [0.2, 0.25) is 5.54 Å². The Kier molecular flexibility index (Phi) is 23.7. The molecule has 2 aromatic heterocycles. The van der Waals surface area contributed by atoms with Crippen molar-refractivity contribution < 1.29 is 41.0 Å². The number of nitrogens with zero attached hydrogens (tertiary/aromatic N) is 2. The van der Waals surface area contributed by atoms with E-state index in [0.717, 1.165) is 0 Å². The van der Waals surface area contributed by atoms with Gasteiger partial charge < -0.3 is 42.4 Å². The minimum Gasteiger partial charge on any atom is -1.00 e. The van der Waals surface area contributed by atoms with Gasteiger partial charge in [0.1, 0.15) is 6.61 Å². The predicted octanol–water partition coefficient (Wildman–Crippen LogP) is 5.68. The van der Waals surface area contributed by atoms with Crippen molar-refractivity contribution in [1.82, 2.24) is 5.06 Å². The quantitative estimate of drug-likeness (QED) is 0.0734. The van der Waals surface area contributed by atoms with Crippen LogP contribution in [0.4, 0.5) is 0 Å². The number of rotatable bonds is 12. The molecule has 0 saturated heterocycles. The van der Waals surface area contributed by atoms with Gasteiger partial charge in [0.15, 0.2) is 22.8 Å². The smallest absolute Gasteiger partial charge is 1.00 e. The zero-order valence-corrected chi connectivity index (χ0v) is 35.3. The Balaban J connectivity index is -0.000000609. The molecule has 1 unspecified atom stereocenters. The topological polar surface area (TPSA) is 65.2 Å². The second-order valence-corrected chi connectivity index (χ2v) is 24.7. The molecule has 0 aliphatic heterocycles. The van der Waals surface area contributed by atoms with Crippen LogP contribution in [0.2, 0.25) is 39.3 Å². The van der Waals surface area contributed by atoms with Crippen LogP contribution in [-0.4, -0.2) is 90.4 Å². The third kappa shape index (κ3) is 21.2. The van der Waals surface area contributed by atoms with Gasteiger partial charge in [-0.15, -0.1) is 16.7 Å². The Morgan fingerprint density at radius 1 is 0.952 bits per heavy atom. The molecule has 0 radical (unpaired) electrons. The molecule has 0 amide bonds. The van der Waals surface area contributed by atoms with Crippen LogP contribution in [0.25, 0.3) is 0 Å². The summed E-state index contributed by atoms with van der Waals surface area (Å²) < 4.78 is 13.1. The second-order valence-electron chi connectivity index (χ2n) is 13.9. The number of thiophene rings is 2. The van der Waals surface area contributed by atoms with E-state index < -0.39 is 22.2 Å². The molecule has 0 aliphatic carbocycles. The maximum Gasteiger partial charge on any atom is 2.00 e. The van der Waals surface area contributed by atoms with E-state index in [2.05, 4.69) is 70.0 Å². The molecular weight excluding hydrogens is 677 g/mol. The molecule has 0 fully saturated rings. The fraction of sp³-hybridized carbons (Fsp3) is 0.700. The van der Waals surface area contributed by atoms with Crippen molar-refractivity contribution >= 4 is 68.6 Å². The van der Waals surface area contributed by atoms with E-state index in [1.54, 1.807) is 22.7 Å². The summed E-state index contributed by atoms with van der Waals surface area (Å²) in [6, 6.07) is 7.99. The normalized spacial score (nSPS) is 13.4. The van der Waals surface area contributed by atoms with E-state index in [-0.39, 0.29) is 51.6 Å². The Bertz CT molecular complexity index is 930. The molecule has 42 heavy (non-hydrogen) atoms.